The number of rotatable bonds is 52. The Morgan fingerprint density at radius 1 is 0.438 bits per heavy atom. The van der Waals surface area contributed by atoms with Gasteiger partial charge in [0, 0.05) is 12.8 Å². The van der Waals surface area contributed by atoms with Gasteiger partial charge in [-0.3, -0.25) is 9.59 Å². The van der Waals surface area contributed by atoms with E-state index in [0.29, 0.717) is 19.4 Å². The summed E-state index contributed by atoms with van der Waals surface area (Å²) in [5.41, 5.74) is 0. The van der Waals surface area contributed by atoms with Gasteiger partial charge >= 0.3 is 5.97 Å². The van der Waals surface area contributed by atoms with E-state index in [1.807, 2.05) is 6.08 Å². The summed E-state index contributed by atoms with van der Waals surface area (Å²) in [4.78, 5) is 24.4. The largest absolute Gasteiger partial charge is 0.466 e. The van der Waals surface area contributed by atoms with Crippen LogP contribution in [0.15, 0.2) is 36.5 Å². The number of nitrogens with one attached hydrogen (secondary N) is 1. The van der Waals surface area contributed by atoms with E-state index in [1.165, 1.54) is 218 Å². The van der Waals surface area contributed by atoms with Crippen molar-refractivity contribution in [2.24, 2.45) is 0 Å². The van der Waals surface area contributed by atoms with Gasteiger partial charge < -0.3 is 20.3 Å². The van der Waals surface area contributed by atoms with E-state index in [9.17, 15) is 19.8 Å². The van der Waals surface area contributed by atoms with Crippen molar-refractivity contribution >= 4 is 11.9 Å². The molecule has 0 aliphatic carbocycles. The van der Waals surface area contributed by atoms with E-state index in [4.69, 9.17) is 4.74 Å². The first-order valence-corrected chi connectivity index (χ1v) is 28.3. The molecule has 376 valence electrons. The first-order valence-electron chi connectivity index (χ1n) is 28.3. The molecule has 1 amide bonds. The molecule has 0 heterocycles. The van der Waals surface area contributed by atoms with E-state index in [2.05, 4.69) is 43.5 Å². The van der Waals surface area contributed by atoms with Gasteiger partial charge in [-0.25, -0.2) is 0 Å². The third-order valence-electron chi connectivity index (χ3n) is 12.9. The van der Waals surface area contributed by atoms with Crippen molar-refractivity contribution in [1.29, 1.82) is 0 Å². The molecule has 0 bridgehead atoms. The van der Waals surface area contributed by atoms with Crippen LogP contribution in [0.4, 0.5) is 0 Å². The number of aliphatic hydroxyl groups excluding tert-OH is 2. The van der Waals surface area contributed by atoms with Crippen molar-refractivity contribution in [2.75, 3.05) is 13.2 Å². The molecule has 0 rings (SSSR count). The van der Waals surface area contributed by atoms with E-state index in [-0.39, 0.29) is 18.5 Å². The Hall–Kier alpha value is -1.92. The molecular formula is C58H109NO5. The van der Waals surface area contributed by atoms with Crippen LogP contribution in [0.1, 0.15) is 296 Å². The number of hydrogen-bond acceptors (Lipinski definition) is 5. The summed E-state index contributed by atoms with van der Waals surface area (Å²) in [6.07, 6.45) is 66.0. The lowest BCUT2D eigenvalue weighted by Crippen LogP contribution is -2.45. The highest BCUT2D eigenvalue weighted by Crippen LogP contribution is 2.17. The van der Waals surface area contributed by atoms with E-state index in [0.717, 1.165) is 51.4 Å². The molecule has 0 aromatic heterocycles. The lowest BCUT2D eigenvalue weighted by molar-refractivity contribution is -0.143. The van der Waals surface area contributed by atoms with Crippen LogP contribution in [-0.4, -0.2) is 47.4 Å². The zero-order valence-electron chi connectivity index (χ0n) is 42.8. The number of amides is 1. The fraction of sp³-hybridized carbons (Fsp3) is 0.862. The number of unbranched alkanes of at least 4 members (excludes halogenated alkanes) is 37. The van der Waals surface area contributed by atoms with Crippen LogP contribution in [0.25, 0.3) is 0 Å². The maximum atomic E-state index is 12.4. The smallest absolute Gasteiger partial charge is 0.305 e. The number of ether oxygens (including phenoxy) is 1. The van der Waals surface area contributed by atoms with Gasteiger partial charge in [0.25, 0.3) is 0 Å². The van der Waals surface area contributed by atoms with Crippen LogP contribution in [0.5, 0.6) is 0 Å². The summed E-state index contributed by atoms with van der Waals surface area (Å²) in [6.45, 7) is 4.84. The van der Waals surface area contributed by atoms with Gasteiger partial charge in [-0.15, -0.1) is 0 Å². The number of esters is 1. The minimum absolute atomic E-state index is 0.00127. The first kappa shape index (κ1) is 62.1. The number of carbonyl (C=O) groups excluding carboxylic acids is 2. The molecule has 0 saturated carbocycles. The molecule has 0 radical (unpaired) electrons. The van der Waals surface area contributed by atoms with Crippen molar-refractivity contribution in [3.63, 3.8) is 0 Å². The molecule has 2 unspecified atom stereocenters. The molecule has 0 aromatic carbocycles. The highest BCUT2D eigenvalue weighted by molar-refractivity contribution is 5.76. The van der Waals surface area contributed by atoms with E-state index >= 15 is 0 Å². The number of aliphatic hydroxyl groups is 2. The predicted octanol–water partition coefficient (Wildman–Crippen LogP) is 17.2. The van der Waals surface area contributed by atoms with Crippen LogP contribution in [0.2, 0.25) is 0 Å². The quantitative estimate of drug-likeness (QED) is 0.0321. The second-order valence-electron chi connectivity index (χ2n) is 19.3. The molecule has 64 heavy (non-hydrogen) atoms. The number of allylic oxidation sites excluding steroid dienone is 5. The van der Waals surface area contributed by atoms with Crippen molar-refractivity contribution in [3.8, 4) is 0 Å². The van der Waals surface area contributed by atoms with Crippen LogP contribution in [-0.2, 0) is 14.3 Å². The van der Waals surface area contributed by atoms with Gasteiger partial charge in [-0.05, 0) is 57.8 Å². The lowest BCUT2D eigenvalue weighted by Gasteiger charge is -2.20. The zero-order chi connectivity index (χ0) is 46.5. The minimum Gasteiger partial charge on any atom is -0.466 e. The number of hydrogen-bond donors (Lipinski definition) is 3. The summed E-state index contributed by atoms with van der Waals surface area (Å²) >= 11 is 0. The number of carbonyl (C=O) groups is 2. The Morgan fingerprint density at radius 3 is 1.23 bits per heavy atom. The van der Waals surface area contributed by atoms with Crippen LogP contribution in [0.3, 0.4) is 0 Å². The standard InChI is InChI=1S/C58H109NO5/c1-3-5-7-9-11-13-15-16-29-32-36-40-44-48-52-58(63)64-53-49-45-41-37-33-30-27-25-23-21-19-17-18-20-22-24-26-28-31-35-39-43-47-51-57(62)59-55(54-60)56(61)50-46-42-38-34-14-12-10-8-6-4-2/h9,11,15-16,46,50,55-56,60-61H,3-8,10,12-14,17-45,47-49,51-54H2,1-2H3,(H,59,62)/b11-9-,16-15-,50-46+. The Labute approximate surface area is 398 Å². The second kappa shape index (κ2) is 53.7. The minimum atomic E-state index is -0.842. The maximum absolute atomic E-state index is 12.4. The molecule has 0 aliphatic heterocycles. The third kappa shape index (κ3) is 49.5. The van der Waals surface area contributed by atoms with Crippen molar-refractivity contribution in [3.05, 3.63) is 36.5 Å². The molecule has 0 aliphatic rings. The van der Waals surface area contributed by atoms with Crippen molar-refractivity contribution in [2.45, 2.75) is 309 Å². The van der Waals surface area contributed by atoms with Crippen molar-refractivity contribution < 1.29 is 24.5 Å². The second-order valence-corrected chi connectivity index (χ2v) is 19.3. The fourth-order valence-electron chi connectivity index (χ4n) is 8.53. The van der Waals surface area contributed by atoms with E-state index < -0.39 is 12.1 Å². The highest BCUT2D eigenvalue weighted by Gasteiger charge is 2.18. The van der Waals surface area contributed by atoms with Gasteiger partial charge in [-0.1, -0.05) is 262 Å². The Bertz CT molecular complexity index is 1040. The average Bonchev–Trinajstić information content (AvgIpc) is 3.29. The third-order valence-corrected chi connectivity index (χ3v) is 12.9. The molecule has 0 aromatic rings. The van der Waals surface area contributed by atoms with E-state index in [1.54, 1.807) is 6.08 Å². The van der Waals surface area contributed by atoms with Gasteiger partial charge in [-0.2, -0.15) is 0 Å². The van der Waals surface area contributed by atoms with Gasteiger partial charge in [0.2, 0.25) is 5.91 Å². The van der Waals surface area contributed by atoms with Gasteiger partial charge in [0.15, 0.2) is 0 Å². The Balaban J connectivity index is 3.37. The first-order chi connectivity index (χ1) is 31.5. The fourth-order valence-corrected chi connectivity index (χ4v) is 8.53. The molecule has 6 nitrogen and oxygen atoms in total. The lowest BCUT2D eigenvalue weighted by atomic mass is 10.0. The summed E-state index contributed by atoms with van der Waals surface area (Å²) in [5.74, 6) is -0.0709. The average molecular weight is 901 g/mol. The van der Waals surface area contributed by atoms with Gasteiger partial charge in [0.1, 0.15) is 0 Å². The molecule has 0 saturated heterocycles. The predicted molar refractivity (Wildman–Crippen MR) is 278 cm³/mol. The molecule has 2 atom stereocenters. The highest BCUT2D eigenvalue weighted by atomic mass is 16.5. The van der Waals surface area contributed by atoms with Crippen molar-refractivity contribution in [1.82, 2.24) is 5.32 Å². The Kier molecular flexibility index (Phi) is 52.1. The normalized spacial score (nSPS) is 12.9. The van der Waals surface area contributed by atoms with Crippen LogP contribution >= 0.6 is 0 Å². The summed E-state index contributed by atoms with van der Waals surface area (Å²) in [6, 6.07) is -0.626. The zero-order valence-corrected chi connectivity index (χ0v) is 42.8. The molecule has 0 spiro atoms. The molecule has 0 fully saturated rings. The SMILES string of the molecule is CCCC/C=C\C/C=C\CCCCCCCC(=O)OCCCCCCCCCCCCCCCCCCCCCCCCCC(=O)NC(CO)C(O)/C=C/CCCCCCCCCC. The summed E-state index contributed by atoms with van der Waals surface area (Å²) in [5, 5.41) is 23.0. The van der Waals surface area contributed by atoms with Gasteiger partial charge in [0.05, 0.1) is 25.4 Å². The summed E-state index contributed by atoms with van der Waals surface area (Å²) < 4.78 is 5.47. The van der Waals surface area contributed by atoms with Crippen LogP contribution < -0.4 is 5.32 Å². The molecular weight excluding hydrogens is 791 g/mol. The molecule has 6 heteroatoms. The molecule has 3 N–H and O–H groups in total. The van der Waals surface area contributed by atoms with Crippen LogP contribution in [0, 0.1) is 0 Å². The topological polar surface area (TPSA) is 95.9 Å². The monoisotopic (exact) mass is 900 g/mol. The Morgan fingerprint density at radius 2 is 0.797 bits per heavy atom. The summed E-state index contributed by atoms with van der Waals surface area (Å²) in [7, 11) is 0. The maximum Gasteiger partial charge on any atom is 0.305 e.